The second-order valence-corrected chi connectivity index (χ2v) is 4.77. The Morgan fingerprint density at radius 2 is 1.76 bits per heavy atom. The average molecular weight is 317 g/mol. The molecular weight excluding hydrogens is 305 g/mol. The van der Waals surface area contributed by atoms with Crippen LogP contribution in [0.15, 0.2) is 47.3 Å². The van der Waals surface area contributed by atoms with Gasteiger partial charge in [0.2, 0.25) is 0 Å². The highest BCUT2D eigenvalue weighted by atomic mass is 35.5. The van der Waals surface area contributed by atoms with E-state index < -0.39 is 17.4 Å². The van der Waals surface area contributed by atoms with Crippen LogP contribution in [0.1, 0.15) is 5.69 Å². The van der Waals surface area contributed by atoms with Crippen LogP contribution in [0.4, 0.5) is 18.9 Å². The molecule has 21 heavy (non-hydrogen) atoms. The molecule has 0 radical (unpaired) electrons. The number of anilines is 1. The lowest BCUT2D eigenvalue weighted by molar-refractivity contribution is -0.144. The van der Waals surface area contributed by atoms with Crippen LogP contribution >= 0.6 is 11.6 Å². The van der Waals surface area contributed by atoms with Gasteiger partial charge in [-0.2, -0.15) is 13.2 Å². The zero-order valence-electron chi connectivity index (χ0n) is 10.8. The first kappa shape index (κ1) is 15.4. The van der Waals surface area contributed by atoms with Gasteiger partial charge in [-0.15, -0.1) is 0 Å². The molecule has 2 rings (SSSR count). The van der Waals surface area contributed by atoms with Crippen LogP contribution in [0.5, 0.6) is 0 Å². The van der Waals surface area contributed by atoms with Crippen LogP contribution in [-0.2, 0) is 12.7 Å². The first-order chi connectivity index (χ1) is 9.88. The molecule has 112 valence electrons. The SMILES string of the molecule is O=c1cccc(C(F)(F)F)n1CCNc1ccc(Cl)cc1. The lowest BCUT2D eigenvalue weighted by Crippen LogP contribution is -2.29. The van der Waals surface area contributed by atoms with Crippen LogP contribution in [-0.4, -0.2) is 11.1 Å². The maximum Gasteiger partial charge on any atom is 0.431 e. The lowest BCUT2D eigenvalue weighted by Gasteiger charge is -2.15. The highest BCUT2D eigenvalue weighted by Crippen LogP contribution is 2.28. The Balaban J connectivity index is 2.10. The Morgan fingerprint density at radius 1 is 1.10 bits per heavy atom. The summed E-state index contributed by atoms with van der Waals surface area (Å²) in [4.78, 5) is 11.6. The largest absolute Gasteiger partial charge is 0.431 e. The van der Waals surface area contributed by atoms with Gasteiger partial charge in [0, 0.05) is 29.9 Å². The summed E-state index contributed by atoms with van der Waals surface area (Å²) in [5.74, 6) is 0. The molecule has 0 amide bonds. The van der Waals surface area contributed by atoms with E-state index in [-0.39, 0.29) is 13.1 Å². The van der Waals surface area contributed by atoms with Crippen molar-refractivity contribution in [3.63, 3.8) is 0 Å². The molecular formula is C14H12ClF3N2O. The zero-order chi connectivity index (χ0) is 15.5. The van der Waals surface area contributed by atoms with E-state index in [4.69, 9.17) is 11.6 Å². The molecule has 0 atom stereocenters. The number of nitrogens with zero attached hydrogens (tertiary/aromatic N) is 1. The number of nitrogens with one attached hydrogen (secondary N) is 1. The smallest absolute Gasteiger partial charge is 0.383 e. The molecule has 0 aliphatic rings. The number of halogens is 4. The summed E-state index contributed by atoms with van der Waals surface area (Å²) in [6, 6.07) is 9.86. The minimum Gasteiger partial charge on any atom is -0.383 e. The Labute approximate surface area is 124 Å². The van der Waals surface area contributed by atoms with Crippen LogP contribution in [0.2, 0.25) is 5.02 Å². The van der Waals surface area contributed by atoms with Gasteiger partial charge in [-0.05, 0) is 30.3 Å². The van der Waals surface area contributed by atoms with Gasteiger partial charge in [-0.25, -0.2) is 0 Å². The lowest BCUT2D eigenvalue weighted by atomic mass is 10.3. The van der Waals surface area contributed by atoms with Crippen molar-refractivity contribution in [3.8, 4) is 0 Å². The maximum atomic E-state index is 12.8. The Kier molecular flexibility index (Phi) is 4.57. The number of pyridine rings is 1. The molecule has 0 aliphatic carbocycles. The third-order valence-corrected chi connectivity index (χ3v) is 3.10. The van der Waals surface area contributed by atoms with Gasteiger partial charge in [-0.1, -0.05) is 17.7 Å². The number of aromatic nitrogens is 1. The van der Waals surface area contributed by atoms with Gasteiger partial charge in [0.1, 0.15) is 5.69 Å². The van der Waals surface area contributed by atoms with E-state index in [1.165, 1.54) is 0 Å². The van der Waals surface area contributed by atoms with E-state index in [2.05, 4.69) is 5.32 Å². The summed E-state index contributed by atoms with van der Waals surface area (Å²) in [5.41, 5.74) is -0.910. The molecule has 0 bridgehead atoms. The van der Waals surface area contributed by atoms with E-state index in [1.54, 1.807) is 24.3 Å². The first-order valence-electron chi connectivity index (χ1n) is 6.14. The van der Waals surface area contributed by atoms with E-state index >= 15 is 0 Å². The fraction of sp³-hybridized carbons (Fsp3) is 0.214. The summed E-state index contributed by atoms with van der Waals surface area (Å²) < 4.78 is 39.2. The van der Waals surface area contributed by atoms with Crippen molar-refractivity contribution in [3.05, 3.63) is 63.5 Å². The molecule has 3 nitrogen and oxygen atoms in total. The molecule has 0 spiro atoms. The van der Waals surface area contributed by atoms with E-state index in [9.17, 15) is 18.0 Å². The molecule has 1 aromatic carbocycles. The highest BCUT2D eigenvalue weighted by Gasteiger charge is 2.33. The minimum absolute atomic E-state index is 0.0862. The molecule has 0 aliphatic heterocycles. The van der Waals surface area contributed by atoms with Crippen LogP contribution < -0.4 is 10.9 Å². The highest BCUT2D eigenvalue weighted by molar-refractivity contribution is 6.30. The van der Waals surface area contributed by atoms with Crippen molar-refractivity contribution < 1.29 is 13.2 Å². The summed E-state index contributed by atoms with van der Waals surface area (Å²) >= 11 is 5.74. The van der Waals surface area contributed by atoms with Gasteiger partial charge in [0.25, 0.3) is 5.56 Å². The predicted molar refractivity (Wildman–Crippen MR) is 75.6 cm³/mol. The predicted octanol–water partition coefficient (Wildman–Crippen LogP) is 3.63. The van der Waals surface area contributed by atoms with Crippen molar-refractivity contribution >= 4 is 17.3 Å². The average Bonchev–Trinajstić information content (AvgIpc) is 2.41. The third-order valence-electron chi connectivity index (χ3n) is 2.85. The third kappa shape index (κ3) is 4.01. The molecule has 1 N–H and O–H groups in total. The van der Waals surface area contributed by atoms with Crippen LogP contribution in [0.3, 0.4) is 0 Å². The van der Waals surface area contributed by atoms with Gasteiger partial charge in [0.05, 0.1) is 0 Å². The molecule has 2 aromatic rings. The first-order valence-corrected chi connectivity index (χ1v) is 6.52. The van der Waals surface area contributed by atoms with Crippen molar-refractivity contribution in [2.24, 2.45) is 0 Å². The monoisotopic (exact) mass is 316 g/mol. The molecule has 1 aromatic heterocycles. The number of hydrogen-bond acceptors (Lipinski definition) is 2. The standard InChI is InChI=1S/C14H12ClF3N2O/c15-10-4-6-11(7-5-10)19-8-9-20-12(14(16,17)18)2-1-3-13(20)21/h1-7,19H,8-9H2. The second-order valence-electron chi connectivity index (χ2n) is 4.33. The van der Waals surface area contributed by atoms with Crippen molar-refractivity contribution in [2.45, 2.75) is 12.7 Å². The molecule has 0 fully saturated rings. The fourth-order valence-electron chi connectivity index (χ4n) is 1.88. The normalized spacial score (nSPS) is 11.4. The van der Waals surface area contributed by atoms with Crippen molar-refractivity contribution in [1.82, 2.24) is 4.57 Å². The fourth-order valence-corrected chi connectivity index (χ4v) is 2.00. The molecule has 0 saturated carbocycles. The second kappa shape index (κ2) is 6.22. The molecule has 0 saturated heterocycles. The number of alkyl halides is 3. The van der Waals surface area contributed by atoms with Crippen LogP contribution in [0, 0.1) is 0 Å². The molecule has 1 heterocycles. The summed E-state index contributed by atoms with van der Waals surface area (Å²) in [7, 11) is 0. The van der Waals surface area contributed by atoms with Gasteiger partial charge in [-0.3, -0.25) is 4.79 Å². The van der Waals surface area contributed by atoms with Crippen molar-refractivity contribution in [2.75, 3.05) is 11.9 Å². The van der Waals surface area contributed by atoms with E-state index in [1.807, 2.05) is 0 Å². The topological polar surface area (TPSA) is 34.0 Å². The Bertz CT molecular complexity index is 665. The number of rotatable bonds is 4. The zero-order valence-corrected chi connectivity index (χ0v) is 11.6. The van der Waals surface area contributed by atoms with Gasteiger partial charge >= 0.3 is 6.18 Å². The summed E-state index contributed by atoms with van der Waals surface area (Å²) in [6.07, 6.45) is -4.55. The summed E-state index contributed by atoms with van der Waals surface area (Å²) in [5, 5.41) is 3.51. The van der Waals surface area contributed by atoms with Crippen molar-refractivity contribution in [1.29, 1.82) is 0 Å². The van der Waals surface area contributed by atoms with Gasteiger partial charge in [0.15, 0.2) is 0 Å². The quantitative estimate of drug-likeness (QED) is 0.934. The van der Waals surface area contributed by atoms with E-state index in [0.29, 0.717) is 9.59 Å². The van der Waals surface area contributed by atoms with Gasteiger partial charge < -0.3 is 9.88 Å². The van der Waals surface area contributed by atoms with E-state index in [0.717, 1.165) is 23.9 Å². The molecule has 7 heteroatoms. The molecule has 0 unspecified atom stereocenters. The Hall–Kier alpha value is -1.95. The Morgan fingerprint density at radius 3 is 2.38 bits per heavy atom. The summed E-state index contributed by atoms with van der Waals surface area (Å²) in [6.45, 7) is 0.103. The minimum atomic E-state index is -4.55. The number of hydrogen-bond donors (Lipinski definition) is 1. The number of benzene rings is 1. The van der Waals surface area contributed by atoms with Crippen LogP contribution in [0.25, 0.3) is 0 Å². The maximum absolute atomic E-state index is 12.8.